The molecule has 0 atom stereocenters. The summed E-state index contributed by atoms with van der Waals surface area (Å²) in [5.74, 6) is 0. The summed E-state index contributed by atoms with van der Waals surface area (Å²) in [4.78, 5) is 3.53. The van der Waals surface area contributed by atoms with Crippen molar-refractivity contribution in [1.29, 1.82) is 0 Å². The molecule has 58 valence electrons. The second kappa shape index (κ2) is 3.91. The van der Waals surface area contributed by atoms with Gasteiger partial charge < -0.3 is 4.90 Å². The van der Waals surface area contributed by atoms with E-state index in [1.165, 1.54) is 37.3 Å². The van der Waals surface area contributed by atoms with E-state index in [1.54, 1.807) is 0 Å². The predicted molar refractivity (Wildman–Crippen MR) is 48.3 cm³/mol. The Balaban J connectivity index is 2.20. The van der Waals surface area contributed by atoms with Crippen LogP contribution in [0.15, 0.2) is 0 Å². The summed E-state index contributed by atoms with van der Waals surface area (Å²) < 4.78 is 0. The van der Waals surface area contributed by atoms with Crippen molar-refractivity contribution in [3.8, 4) is 0 Å². The fraction of sp³-hybridized carbons (Fsp3) is 0.875. The minimum Gasteiger partial charge on any atom is -0.366 e. The van der Waals surface area contributed by atoms with Gasteiger partial charge in [0.05, 0.1) is 4.99 Å². The first-order valence-corrected chi connectivity index (χ1v) is 4.53. The van der Waals surface area contributed by atoms with Crippen molar-refractivity contribution >= 4 is 17.2 Å². The molecule has 1 rings (SSSR count). The Kier molecular flexibility index (Phi) is 3.13. The Morgan fingerprint density at radius 2 is 2.40 bits per heavy atom. The molecule has 0 aromatic heterocycles. The van der Waals surface area contributed by atoms with Gasteiger partial charge >= 0.3 is 0 Å². The molecule has 0 N–H and O–H groups in total. The monoisotopic (exact) mass is 157 g/mol. The van der Waals surface area contributed by atoms with E-state index >= 15 is 0 Å². The van der Waals surface area contributed by atoms with Crippen molar-refractivity contribution in [3.05, 3.63) is 0 Å². The quantitative estimate of drug-likeness (QED) is 0.578. The Hall–Kier alpha value is -0.110. The average molecular weight is 157 g/mol. The van der Waals surface area contributed by atoms with E-state index in [2.05, 4.69) is 11.8 Å². The minimum atomic E-state index is 1.15. The summed E-state index contributed by atoms with van der Waals surface area (Å²) in [6, 6.07) is 0. The molecule has 0 bridgehead atoms. The smallest absolute Gasteiger partial charge is 0.0779 e. The van der Waals surface area contributed by atoms with Crippen LogP contribution in [-0.4, -0.2) is 23.0 Å². The van der Waals surface area contributed by atoms with Gasteiger partial charge in [-0.15, -0.1) is 0 Å². The van der Waals surface area contributed by atoms with Crippen LogP contribution in [0.4, 0.5) is 0 Å². The van der Waals surface area contributed by atoms with E-state index in [0.29, 0.717) is 0 Å². The highest BCUT2D eigenvalue weighted by Gasteiger charge is 2.14. The second-order valence-electron chi connectivity index (χ2n) is 2.84. The number of nitrogens with zero attached hydrogens (tertiary/aromatic N) is 1. The third kappa shape index (κ3) is 1.94. The standard InChI is InChI=1S/C8H15NS/c1-2-3-6-9-7-4-5-8(9)10/h2-7H2,1H3. The predicted octanol–water partition coefficient (Wildman–Crippen LogP) is 2.21. The highest BCUT2D eigenvalue weighted by Crippen LogP contribution is 2.11. The second-order valence-corrected chi connectivity index (χ2v) is 3.31. The molecule has 2 heteroatoms. The van der Waals surface area contributed by atoms with Crippen LogP contribution in [0, 0.1) is 0 Å². The number of unbranched alkanes of at least 4 members (excludes halogenated alkanes) is 1. The molecule has 0 aromatic carbocycles. The molecule has 1 aliphatic heterocycles. The highest BCUT2D eigenvalue weighted by molar-refractivity contribution is 7.80. The zero-order valence-electron chi connectivity index (χ0n) is 6.60. The van der Waals surface area contributed by atoms with E-state index in [-0.39, 0.29) is 0 Å². The van der Waals surface area contributed by atoms with Crippen LogP contribution in [0.1, 0.15) is 32.6 Å². The van der Waals surface area contributed by atoms with Gasteiger partial charge in [0, 0.05) is 13.1 Å². The lowest BCUT2D eigenvalue weighted by Gasteiger charge is -2.16. The first-order valence-electron chi connectivity index (χ1n) is 4.12. The van der Waals surface area contributed by atoms with E-state index in [9.17, 15) is 0 Å². The molecule has 0 radical (unpaired) electrons. The van der Waals surface area contributed by atoms with Crippen LogP contribution in [0.25, 0.3) is 0 Å². The Labute approximate surface area is 68.4 Å². The molecular formula is C8H15NS. The van der Waals surface area contributed by atoms with Gasteiger partial charge in [-0.05, 0) is 19.3 Å². The van der Waals surface area contributed by atoms with Gasteiger partial charge in [0.25, 0.3) is 0 Å². The Morgan fingerprint density at radius 3 is 2.90 bits per heavy atom. The molecule has 0 saturated carbocycles. The highest BCUT2D eigenvalue weighted by atomic mass is 32.1. The lowest BCUT2D eigenvalue weighted by molar-refractivity contribution is 0.445. The minimum absolute atomic E-state index is 1.15. The lowest BCUT2D eigenvalue weighted by Crippen LogP contribution is -2.24. The zero-order valence-corrected chi connectivity index (χ0v) is 7.41. The molecule has 1 heterocycles. The zero-order chi connectivity index (χ0) is 7.40. The maximum atomic E-state index is 5.18. The van der Waals surface area contributed by atoms with E-state index in [1.807, 2.05) is 0 Å². The molecular weight excluding hydrogens is 142 g/mol. The molecule has 1 saturated heterocycles. The maximum Gasteiger partial charge on any atom is 0.0779 e. The van der Waals surface area contributed by atoms with Gasteiger partial charge in [0.2, 0.25) is 0 Å². The van der Waals surface area contributed by atoms with E-state index < -0.39 is 0 Å². The van der Waals surface area contributed by atoms with Crippen molar-refractivity contribution in [2.45, 2.75) is 32.6 Å². The topological polar surface area (TPSA) is 3.24 Å². The van der Waals surface area contributed by atoms with Gasteiger partial charge in [0.1, 0.15) is 0 Å². The van der Waals surface area contributed by atoms with Crippen molar-refractivity contribution in [3.63, 3.8) is 0 Å². The number of rotatable bonds is 3. The molecule has 1 nitrogen and oxygen atoms in total. The van der Waals surface area contributed by atoms with Gasteiger partial charge in [-0.1, -0.05) is 25.6 Å². The average Bonchev–Trinajstić information content (AvgIpc) is 2.31. The van der Waals surface area contributed by atoms with Crippen LogP contribution in [-0.2, 0) is 0 Å². The van der Waals surface area contributed by atoms with E-state index in [4.69, 9.17) is 12.2 Å². The first-order chi connectivity index (χ1) is 4.84. The largest absolute Gasteiger partial charge is 0.366 e. The lowest BCUT2D eigenvalue weighted by atomic mass is 10.3. The van der Waals surface area contributed by atoms with Crippen molar-refractivity contribution in [1.82, 2.24) is 4.90 Å². The van der Waals surface area contributed by atoms with Gasteiger partial charge in [0.15, 0.2) is 0 Å². The Bertz CT molecular complexity index is 122. The van der Waals surface area contributed by atoms with Crippen LogP contribution < -0.4 is 0 Å². The Morgan fingerprint density at radius 1 is 1.60 bits per heavy atom. The molecule has 0 unspecified atom stereocenters. The molecule has 0 aromatic rings. The summed E-state index contributed by atoms with van der Waals surface area (Å²) in [6.07, 6.45) is 5.00. The summed E-state index contributed by atoms with van der Waals surface area (Å²) in [5.41, 5.74) is 0. The van der Waals surface area contributed by atoms with Gasteiger partial charge in [-0.25, -0.2) is 0 Å². The van der Waals surface area contributed by atoms with Crippen molar-refractivity contribution in [2.24, 2.45) is 0 Å². The number of thiocarbonyl (C=S) groups is 1. The maximum absolute atomic E-state index is 5.18. The fourth-order valence-electron chi connectivity index (χ4n) is 1.29. The van der Waals surface area contributed by atoms with Crippen LogP contribution in [0.3, 0.4) is 0 Å². The van der Waals surface area contributed by atoms with Gasteiger partial charge in [-0.3, -0.25) is 0 Å². The molecule has 0 amide bonds. The van der Waals surface area contributed by atoms with E-state index in [0.717, 1.165) is 6.42 Å². The normalized spacial score (nSPS) is 18.5. The van der Waals surface area contributed by atoms with Crippen molar-refractivity contribution < 1.29 is 0 Å². The number of likely N-dealkylation sites (tertiary alicyclic amines) is 1. The summed E-state index contributed by atoms with van der Waals surface area (Å²) in [5, 5.41) is 0. The van der Waals surface area contributed by atoms with Crippen molar-refractivity contribution in [2.75, 3.05) is 13.1 Å². The summed E-state index contributed by atoms with van der Waals surface area (Å²) in [6.45, 7) is 4.62. The number of hydrogen-bond acceptors (Lipinski definition) is 1. The van der Waals surface area contributed by atoms with Crippen LogP contribution in [0.5, 0.6) is 0 Å². The van der Waals surface area contributed by atoms with Gasteiger partial charge in [-0.2, -0.15) is 0 Å². The SMILES string of the molecule is CCCCN1CCCC1=S. The summed E-state index contributed by atoms with van der Waals surface area (Å²) >= 11 is 5.18. The molecule has 0 spiro atoms. The molecule has 10 heavy (non-hydrogen) atoms. The summed E-state index contributed by atoms with van der Waals surface area (Å²) in [7, 11) is 0. The number of hydrogen-bond donors (Lipinski definition) is 0. The van der Waals surface area contributed by atoms with Crippen LogP contribution in [0.2, 0.25) is 0 Å². The first kappa shape index (κ1) is 7.99. The third-order valence-electron chi connectivity index (χ3n) is 1.95. The van der Waals surface area contributed by atoms with Crippen LogP contribution >= 0.6 is 12.2 Å². The molecule has 1 fully saturated rings. The molecule has 1 aliphatic rings. The fourth-order valence-corrected chi connectivity index (χ4v) is 1.62. The molecule has 0 aliphatic carbocycles. The third-order valence-corrected chi connectivity index (χ3v) is 2.42.